The molecule has 1 aromatic carbocycles. The van der Waals surface area contributed by atoms with E-state index >= 15 is 0 Å². The Labute approximate surface area is 242 Å². The molecular formula is C27H35F3N8O2S. The number of alkyl halides is 3. The van der Waals surface area contributed by atoms with Gasteiger partial charge >= 0.3 is 12.1 Å². The molecule has 3 heterocycles. The number of carboxylic acid groups (broad SMARTS) is 1. The van der Waals surface area contributed by atoms with Gasteiger partial charge in [-0.1, -0.05) is 19.9 Å². The second kappa shape index (κ2) is 14.2. The van der Waals surface area contributed by atoms with Crippen molar-refractivity contribution in [1.82, 2.24) is 24.8 Å². The van der Waals surface area contributed by atoms with E-state index < -0.39 is 12.1 Å². The van der Waals surface area contributed by atoms with Crippen LogP contribution in [0.15, 0.2) is 48.8 Å². The molecule has 1 saturated heterocycles. The maximum absolute atomic E-state index is 10.6. The largest absolute Gasteiger partial charge is 0.490 e. The zero-order chi connectivity index (χ0) is 30.2. The molecule has 14 heteroatoms. The summed E-state index contributed by atoms with van der Waals surface area (Å²) in [6, 6.07) is 12.4. The number of carboxylic acids is 1. The fourth-order valence-corrected chi connectivity index (χ4v) is 4.58. The molecule has 41 heavy (non-hydrogen) atoms. The molecule has 0 amide bonds. The Hall–Kier alpha value is -3.78. The highest BCUT2D eigenvalue weighted by molar-refractivity contribution is 7.80. The molecule has 3 N–H and O–H groups in total. The number of likely N-dealkylation sites (N-methyl/N-ethyl adjacent to an activating group) is 1. The minimum absolute atomic E-state index is 0.266. The molecule has 4 rings (SSSR count). The zero-order valence-electron chi connectivity index (χ0n) is 23.4. The number of piperazine rings is 1. The standard InChI is InChI=1S/C25H34N8S.C2HF3O2/c1-18(2)22-17-32(23-10-12-27-24(30-23)28-13-14-31(3)4)15-16-33(22)25(34)29-21-9-5-8-20-19(21)7-6-11-26-20;3-2(4,5)1(6)7/h5-12,18,22H,13-17H2,1-4H3,(H,29,34)(H,27,28,30);(H,6,7). The van der Waals surface area contributed by atoms with Crippen LogP contribution in [0, 0.1) is 5.92 Å². The van der Waals surface area contributed by atoms with Crippen molar-refractivity contribution in [3.8, 4) is 0 Å². The molecule has 0 radical (unpaired) electrons. The van der Waals surface area contributed by atoms with Crippen molar-refractivity contribution in [3.63, 3.8) is 0 Å². The number of aliphatic carboxylic acids is 1. The first-order valence-corrected chi connectivity index (χ1v) is 13.5. The second-order valence-electron chi connectivity index (χ2n) is 10.0. The fraction of sp³-hybridized carbons (Fsp3) is 0.444. The number of rotatable bonds is 7. The van der Waals surface area contributed by atoms with Crippen LogP contribution in [0.5, 0.6) is 0 Å². The number of nitrogens with zero attached hydrogens (tertiary/aromatic N) is 6. The van der Waals surface area contributed by atoms with E-state index in [0.717, 1.165) is 60.2 Å². The summed E-state index contributed by atoms with van der Waals surface area (Å²) in [7, 11) is 4.11. The molecule has 1 atom stereocenters. The Morgan fingerprint density at radius 3 is 2.54 bits per heavy atom. The lowest BCUT2D eigenvalue weighted by Crippen LogP contribution is -2.58. The maximum Gasteiger partial charge on any atom is 0.490 e. The molecule has 0 aliphatic carbocycles. The van der Waals surface area contributed by atoms with Gasteiger partial charge in [0, 0.05) is 56.2 Å². The van der Waals surface area contributed by atoms with Gasteiger partial charge in [-0.25, -0.2) is 9.78 Å². The Kier molecular flexibility index (Phi) is 11.0. The Balaban J connectivity index is 0.000000587. The van der Waals surface area contributed by atoms with Crippen LogP contribution in [0.3, 0.4) is 0 Å². The maximum atomic E-state index is 10.6. The molecule has 0 bridgehead atoms. The van der Waals surface area contributed by atoms with Crippen molar-refractivity contribution in [3.05, 3.63) is 48.8 Å². The van der Waals surface area contributed by atoms with Crippen LogP contribution < -0.4 is 15.5 Å². The van der Waals surface area contributed by atoms with E-state index in [1.54, 1.807) is 0 Å². The lowest BCUT2D eigenvalue weighted by Gasteiger charge is -2.45. The van der Waals surface area contributed by atoms with Crippen LogP contribution in [0.1, 0.15) is 13.8 Å². The molecule has 0 saturated carbocycles. The number of fused-ring (bicyclic) bond motifs is 1. The van der Waals surface area contributed by atoms with E-state index in [9.17, 15) is 13.2 Å². The summed E-state index contributed by atoms with van der Waals surface area (Å²) in [6.45, 7) is 8.76. The number of pyridine rings is 1. The summed E-state index contributed by atoms with van der Waals surface area (Å²) in [6.07, 6.45) is -1.44. The molecule has 0 spiro atoms. The Morgan fingerprint density at radius 2 is 1.88 bits per heavy atom. The number of carbonyl (C=O) groups is 1. The smallest absolute Gasteiger partial charge is 0.475 e. The summed E-state index contributed by atoms with van der Waals surface area (Å²) in [5.41, 5.74) is 1.95. The predicted octanol–water partition coefficient (Wildman–Crippen LogP) is 4.18. The van der Waals surface area contributed by atoms with Crippen LogP contribution in [0.4, 0.5) is 30.6 Å². The predicted molar refractivity (Wildman–Crippen MR) is 158 cm³/mol. The van der Waals surface area contributed by atoms with Gasteiger partial charge in [-0.3, -0.25) is 4.98 Å². The first-order chi connectivity index (χ1) is 19.4. The van der Waals surface area contributed by atoms with Gasteiger partial charge in [-0.05, 0) is 62.6 Å². The molecule has 1 unspecified atom stereocenters. The van der Waals surface area contributed by atoms with Gasteiger partial charge in [0.25, 0.3) is 0 Å². The number of hydrogen-bond acceptors (Lipinski definition) is 8. The molecule has 3 aromatic rings. The van der Waals surface area contributed by atoms with Crippen molar-refractivity contribution < 1.29 is 23.1 Å². The average molecular weight is 593 g/mol. The highest BCUT2D eigenvalue weighted by Gasteiger charge is 2.38. The van der Waals surface area contributed by atoms with Crippen molar-refractivity contribution in [2.45, 2.75) is 26.1 Å². The molecule has 10 nitrogen and oxygen atoms in total. The van der Waals surface area contributed by atoms with Crippen LogP contribution >= 0.6 is 12.2 Å². The number of hydrogen-bond donors (Lipinski definition) is 3. The average Bonchev–Trinajstić information content (AvgIpc) is 2.92. The molecule has 1 aliphatic rings. The van der Waals surface area contributed by atoms with Crippen LogP contribution in [-0.2, 0) is 4.79 Å². The Bertz CT molecular complexity index is 1320. The number of aromatic nitrogens is 3. The van der Waals surface area contributed by atoms with Crippen LogP contribution in [-0.4, -0.2) is 100.0 Å². The van der Waals surface area contributed by atoms with Gasteiger partial charge in [0.2, 0.25) is 5.95 Å². The van der Waals surface area contributed by atoms with Gasteiger partial charge in [0.05, 0.1) is 11.6 Å². The van der Waals surface area contributed by atoms with Crippen molar-refractivity contribution in [2.24, 2.45) is 5.92 Å². The topological polar surface area (TPSA) is 110 Å². The molecule has 2 aromatic heterocycles. The summed E-state index contributed by atoms with van der Waals surface area (Å²) in [4.78, 5) is 29.3. The van der Waals surface area contributed by atoms with Gasteiger partial charge in [-0.15, -0.1) is 0 Å². The minimum Gasteiger partial charge on any atom is -0.475 e. The number of anilines is 3. The number of thiocarbonyl (C=S) groups is 1. The third kappa shape index (κ3) is 9.11. The zero-order valence-corrected chi connectivity index (χ0v) is 24.2. The fourth-order valence-electron chi connectivity index (χ4n) is 4.24. The lowest BCUT2D eigenvalue weighted by molar-refractivity contribution is -0.192. The highest BCUT2D eigenvalue weighted by Crippen LogP contribution is 2.25. The normalized spacial score (nSPS) is 15.5. The summed E-state index contributed by atoms with van der Waals surface area (Å²) in [5.74, 6) is -0.708. The van der Waals surface area contributed by atoms with Gasteiger partial charge in [0.15, 0.2) is 5.11 Å². The number of nitrogens with one attached hydrogen (secondary N) is 2. The van der Waals surface area contributed by atoms with Crippen molar-refractivity contribution in [2.75, 3.05) is 62.4 Å². The van der Waals surface area contributed by atoms with Gasteiger partial charge in [-0.2, -0.15) is 18.2 Å². The minimum atomic E-state index is -5.08. The van der Waals surface area contributed by atoms with Gasteiger partial charge < -0.3 is 30.4 Å². The first-order valence-electron chi connectivity index (χ1n) is 13.0. The monoisotopic (exact) mass is 592 g/mol. The van der Waals surface area contributed by atoms with E-state index in [0.29, 0.717) is 11.9 Å². The summed E-state index contributed by atoms with van der Waals surface area (Å²) < 4.78 is 31.7. The highest BCUT2D eigenvalue weighted by atomic mass is 32.1. The van der Waals surface area contributed by atoms with Crippen molar-refractivity contribution >= 4 is 51.7 Å². The van der Waals surface area contributed by atoms with E-state index in [1.165, 1.54) is 0 Å². The summed E-state index contributed by atoms with van der Waals surface area (Å²) >= 11 is 5.90. The van der Waals surface area contributed by atoms with E-state index in [2.05, 4.69) is 75.4 Å². The molecular weight excluding hydrogens is 557 g/mol. The quantitative estimate of drug-likeness (QED) is 0.344. The molecule has 1 fully saturated rings. The second-order valence-corrected chi connectivity index (χ2v) is 10.4. The van der Waals surface area contributed by atoms with E-state index in [-0.39, 0.29) is 6.04 Å². The third-order valence-corrected chi connectivity index (χ3v) is 6.72. The Morgan fingerprint density at radius 1 is 1.15 bits per heavy atom. The van der Waals surface area contributed by atoms with Gasteiger partial charge in [0.1, 0.15) is 5.82 Å². The van der Waals surface area contributed by atoms with Crippen molar-refractivity contribution in [1.29, 1.82) is 0 Å². The van der Waals surface area contributed by atoms with E-state index in [1.807, 2.05) is 36.7 Å². The first kappa shape index (κ1) is 31.7. The molecule has 222 valence electrons. The van der Waals surface area contributed by atoms with Crippen LogP contribution in [0.2, 0.25) is 0 Å². The molecule has 1 aliphatic heterocycles. The SMILES string of the molecule is CC(C)C1CN(c2ccnc(NCCN(C)C)n2)CCN1C(=S)Nc1cccc2ncccc12.O=C(O)C(F)(F)F. The summed E-state index contributed by atoms with van der Waals surface area (Å²) in [5, 5.41) is 15.8. The number of halogens is 3. The number of benzene rings is 1. The van der Waals surface area contributed by atoms with E-state index in [4.69, 9.17) is 27.1 Å². The van der Waals surface area contributed by atoms with Crippen LogP contribution in [0.25, 0.3) is 10.9 Å². The third-order valence-electron chi connectivity index (χ3n) is 6.39. The lowest BCUT2D eigenvalue weighted by atomic mass is 10.00.